The van der Waals surface area contributed by atoms with E-state index in [0.717, 1.165) is 17.3 Å². The highest BCUT2D eigenvalue weighted by Gasteiger charge is 2.31. The van der Waals surface area contributed by atoms with Crippen molar-refractivity contribution in [3.8, 4) is 0 Å². The minimum atomic E-state index is 0.443. The molecule has 0 aromatic heterocycles. The summed E-state index contributed by atoms with van der Waals surface area (Å²) in [6, 6.07) is 8.60. The van der Waals surface area contributed by atoms with Gasteiger partial charge in [-0.3, -0.25) is 0 Å². The molecule has 3 N–H and O–H groups in total. The van der Waals surface area contributed by atoms with Crippen molar-refractivity contribution in [2.45, 2.75) is 46.1 Å². The smallest absolute Gasteiger partial charge is 0.0576 e. The monoisotopic (exact) mass is 232 g/mol. The minimum Gasteiger partial charge on any atom is -0.397 e. The number of nitrogens with two attached hydrogens (primary N) is 1. The molecule has 1 fully saturated rings. The lowest BCUT2D eigenvalue weighted by molar-refractivity contribution is 0.178. The highest BCUT2D eigenvalue weighted by molar-refractivity contribution is 5.66. The average molecular weight is 232 g/mol. The molecule has 2 unspecified atom stereocenters. The third kappa shape index (κ3) is 3.15. The second kappa shape index (κ2) is 4.59. The number of anilines is 2. The van der Waals surface area contributed by atoms with Crippen molar-refractivity contribution in [2.24, 2.45) is 11.3 Å². The van der Waals surface area contributed by atoms with Crippen molar-refractivity contribution in [1.29, 1.82) is 0 Å². The number of nitrogen functional groups attached to an aromatic ring is 1. The van der Waals surface area contributed by atoms with Crippen LogP contribution in [0.4, 0.5) is 11.4 Å². The fourth-order valence-corrected chi connectivity index (χ4v) is 3.30. The van der Waals surface area contributed by atoms with E-state index in [4.69, 9.17) is 5.73 Å². The quantitative estimate of drug-likeness (QED) is 0.759. The molecule has 2 nitrogen and oxygen atoms in total. The lowest BCUT2D eigenvalue weighted by Crippen LogP contribution is -2.35. The number of rotatable bonds is 2. The second-order valence-electron chi connectivity index (χ2n) is 6.34. The molecule has 0 saturated heterocycles. The minimum absolute atomic E-state index is 0.443. The van der Waals surface area contributed by atoms with Gasteiger partial charge in [0.2, 0.25) is 0 Å². The fourth-order valence-electron chi connectivity index (χ4n) is 3.30. The molecule has 0 bridgehead atoms. The molecule has 0 radical (unpaired) electrons. The first-order valence-corrected chi connectivity index (χ1v) is 6.57. The number of hydrogen-bond acceptors (Lipinski definition) is 2. The summed E-state index contributed by atoms with van der Waals surface area (Å²) in [5.74, 6) is 0.793. The molecule has 2 rings (SSSR count). The Kier molecular flexibility index (Phi) is 3.32. The largest absolute Gasteiger partial charge is 0.397 e. The second-order valence-corrected chi connectivity index (χ2v) is 6.34. The highest BCUT2D eigenvalue weighted by Crippen LogP contribution is 2.39. The zero-order chi connectivity index (χ0) is 12.5. The van der Waals surface area contributed by atoms with Crippen LogP contribution in [-0.2, 0) is 0 Å². The van der Waals surface area contributed by atoms with Crippen molar-refractivity contribution in [1.82, 2.24) is 0 Å². The molecule has 0 amide bonds. The van der Waals surface area contributed by atoms with Crippen LogP contribution in [0.5, 0.6) is 0 Å². The van der Waals surface area contributed by atoms with Gasteiger partial charge in [0.1, 0.15) is 0 Å². The topological polar surface area (TPSA) is 38.0 Å². The molecule has 1 aliphatic rings. The first kappa shape index (κ1) is 12.3. The molecule has 1 aromatic rings. The summed E-state index contributed by atoms with van der Waals surface area (Å²) in [7, 11) is 0. The van der Waals surface area contributed by atoms with Crippen molar-refractivity contribution in [2.75, 3.05) is 11.1 Å². The van der Waals surface area contributed by atoms with Gasteiger partial charge in [-0.15, -0.1) is 0 Å². The summed E-state index contributed by atoms with van der Waals surface area (Å²) in [5, 5.41) is 3.61. The number of hydrogen-bond donors (Lipinski definition) is 2. The van der Waals surface area contributed by atoms with Crippen LogP contribution in [0, 0.1) is 11.3 Å². The Labute approximate surface area is 105 Å². The maximum absolute atomic E-state index is 5.98. The molecule has 94 valence electrons. The van der Waals surface area contributed by atoms with Gasteiger partial charge in [0, 0.05) is 6.04 Å². The van der Waals surface area contributed by atoms with Crippen LogP contribution in [0.1, 0.15) is 40.0 Å². The Morgan fingerprint density at radius 3 is 2.59 bits per heavy atom. The van der Waals surface area contributed by atoms with Gasteiger partial charge in [0.25, 0.3) is 0 Å². The van der Waals surface area contributed by atoms with E-state index in [9.17, 15) is 0 Å². The van der Waals surface area contributed by atoms with Crippen molar-refractivity contribution in [3.05, 3.63) is 24.3 Å². The lowest BCUT2D eigenvalue weighted by atomic mass is 9.70. The van der Waals surface area contributed by atoms with Crippen molar-refractivity contribution >= 4 is 11.4 Å². The Balaban J connectivity index is 2.06. The van der Waals surface area contributed by atoms with E-state index >= 15 is 0 Å². The Morgan fingerprint density at radius 2 is 1.94 bits per heavy atom. The third-order valence-electron chi connectivity index (χ3n) is 3.71. The molecule has 2 atom stereocenters. The maximum Gasteiger partial charge on any atom is 0.0576 e. The lowest BCUT2D eigenvalue weighted by Gasteiger charge is -2.39. The van der Waals surface area contributed by atoms with E-state index < -0.39 is 0 Å². The first-order chi connectivity index (χ1) is 7.96. The van der Waals surface area contributed by atoms with E-state index in [1.807, 2.05) is 18.2 Å². The third-order valence-corrected chi connectivity index (χ3v) is 3.71. The van der Waals surface area contributed by atoms with Gasteiger partial charge in [0.05, 0.1) is 11.4 Å². The zero-order valence-electron chi connectivity index (χ0n) is 11.2. The number of benzene rings is 1. The van der Waals surface area contributed by atoms with Gasteiger partial charge >= 0.3 is 0 Å². The normalized spacial score (nSPS) is 27.7. The summed E-state index contributed by atoms with van der Waals surface area (Å²) < 4.78 is 0. The van der Waals surface area contributed by atoms with E-state index in [-0.39, 0.29) is 0 Å². The fraction of sp³-hybridized carbons (Fsp3) is 0.600. The molecular formula is C15H24N2. The molecule has 0 spiro atoms. The molecule has 1 aromatic carbocycles. The van der Waals surface area contributed by atoms with Gasteiger partial charge < -0.3 is 11.1 Å². The van der Waals surface area contributed by atoms with Crippen LogP contribution in [0.25, 0.3) is 0 Å². The van der Waals surface area contributed by atoms with E-state index in [0.29, 0.717) is 11.5 Å². The van der Waals surface area contributed by atoms with Crippen molar-refractivity contribution in [3.63, 3.8) is 0 Å². The molecule has 2 heteroatoms. The van der Waals surface area contributed by atoms with E-state index in [1.54, 1.807) is 0 Å². The van der Waals surface area contributed by atoms with Gasteiger partial charge in [-0.1, -0.05) is 32.9 Å². The summed E-state index contributed by atoms with van der Waals surface area (Å²) in [6.07, 6.45) is 3.80. The van der Waals surface area contributed by atoms with Gasteiger partial charge in [-0.25, -0.2) is 0 Å². The Bertz CT molecular complexity index is 384. The predicted octanol–water partition coefficient (Wildman–Crippen LogP) is 3.90. The van der Waals surface area contributed by atoms with Crippen LogP contribution in [0.15, 0.2) is 24.3 Å². The van der Waals surface area contributed by atoms with Crippen LogP contribution in [-0.4, -0.2) is 6.04 Å². The standard InChI is InChI=1S/C15H24N2/c1-11-8-12(10-15(2,3)9-11)17-14-7-5-4-6-13(14)16/h4-7,11-12,17H,8-10,16H2,1-3H3. The average Bonchev–Trinajstić information content (AvgIpc) is 2.18. The Morgan fingerprint density at radius 1 is 1.24 bits per heavy atom. The van der Waals surface area contributed by atoms with Gasteiger partial charge in [-0.2, -0.15) is 0 Å². The predicted molar refractivity (Wildman–Crippen MR) is 75.1 cm³/mol. The molecule has 17 heavy (non-hydrogen) atoms. The highest BCUT2D eigenvalue weighted by atomic mass is 14.9. The molecule has 1 saturated carbocycles. The SMILES string of the molecule is CC1CC(Nc2ccccc2N)CC(C)(C)C1. The molecule has 1 aliphatic carbocycles. The van der Waals surface area contributed by atoms with Crippen LogP contribution in [0.2, 0.25) is 0 Å². The maximum atomic E-state index is 5.98. The molecule has 0 heterocycles. The van der Waals surface area contributed by atoms with Gasteiger partial charge in [0.15, 0.2) is 0 Å². The molecule has 0 aliphatic heterocycles. The summed E-state index contributed by atoms with van der Waals surface area (Å²) in [6.45, 7) is 7.08. The van der Waals surface area contributed by atoms with Crippen LogP contribution >= 0.6 is 0 Å². The van der Waals surface area contributed by atoms with Crippen molar-refractivity contribution < 1.29 is 0 Å². The first-order valence-electron chi connectivity index (χ1n) is 6.57. The summed E-state index contributed by atoms with van der Waals surface area (Å²) >= 11 is 0. The number of nitrogens with one attached hydrogen (secondary N) is 1. The number of para-hydroxylation sites is 2. The van der Waals surface area contributed by atoms with Crippen LogP contribution in [0.3, 0.4) is 0 Å². The molecular weight excluding hydrogens is 208 g/mol. The van der Waals surface area contributed by atoms with E-state index in [1.165, 1.54) is 19.3 Å². The zero-order valence-corrected chi connectivity index (χ0v) is 11.2. The van der Waals surface area contributed by atoms with E-state index in [2.05, 4.69) is 32.2 Å². The Hall–Kier alpha value is -1.18. The summed E-state index contributed by atoms with van der Waals surface area (Å²) in [4.78, 5) is 0. The summed E-state index contributed by atoms with van der Waals surface area (Å²) in [5.41, 5.74) is 8.36. The van der Waals surface area contributed by atoms with Gasteiger partial charge in [-0.05, 0) is 42.7 Å². The van der Waals surface area contributed by atoms with Crippen LogP contribution < -0.4 is 11.1 Å².